The highest BCUT2D eigenvalue weighted by Crippen LogP contribution is 2.07. The lowest BCUT2D eigenvalue weighted by Gasteiger charge is -2.15. The molecule has 3 nitrogen and oxygen atoms in total. The van der Waals surface area contributed by atoms with Crippen LogP contribution in [0.3, 0.4) is 0 Å². The van der Waals surface area contributed by atoms with Crippen LogP contribution in [-0.4, -0.2) is 36.6 Å². The van der Waals surface area contributed by atoms with Gasteiger partial charge in [-0.1, -0.05) is 0 Å². The van der Waals surface area contributed by atoms with Crippen LogP contribution < -0.4 is 0 Å². The Morgan fingerprint density at radius 2 is 2.10 bits per heavy atom. The highest BCUT2D eigenvalue weighted by molar-refractivity contribution is 4.62. The minimum Gasteiger partial charge on any atom is -0.396 e. The molecule has 0 heterocycles. The van der Waals surface area contributed by atoms with E-state index in [1.165, 1.54) is 0 Å². The molecule has 0 aliphatic heterocycles. The standard InChI is InChI=1S/C7H16O3/c1-6(9)7(5-8)3-4-10-2/h6-9H,3-5H2,1-2H3. The molecule has 0 amide bonds. The van der Waals surface area contributed by atoms with E-state index in [1.54, 1.807) is 14.0 Å². The fraction of sp³-hybridized carbons (Fsp3) is 1.00. The van der Waals surface area contributed by atoms with E-state index in [0.717, 1.165) is 0 Å². The van der Waals surface area contributed by atoms with E-state index < -0.39 is 6.10 Å². The van der Waals surface area contributed by atoms with Crippen molar-refractivity contribution in [1.82, 2.24) is 0 Å². The molecule has 0 saturated carbocycles. The predicted octanol–water partition coefficient (Wildman–Crippen LogP) is 0.0122. The maximum absolute atomic E-state index is 9.02. The zero-order valence-corrected chi connectivity index (χ0v) is 6.58. The number of ether oxygens (including phenoxy) is 1. The van der Waals surface area contributed by atoms with E-state index >= 15 is 0 Å². The van der Waals surface area contributed by atoms with Crippen molar-refractivity contribution in [2.45, 2.75) is 19.4 Å². The normalized spacial score (nSPS) is 16.8. The lowest BCUT2D eigenvalue weighted by Crippen LogP contribution is -2.21. The van der Waals surface area contributed by atoms with Gasteiger partial charge in [0, 0.05) is 26.2 Å². The molecule has 0 aromatic carbocycles. The topological polar surface area (TPSA) is 49.7 Å². The van der Waals surface area contributed by atoms with E-state index in [2.05, 4.69) is 0 Å². The molecule has 2 unspecified atom stereocenters. The highest BCUT2D eigenvalue weighted by Gasteiger charge is 2.12. The summed E-state index contributed by atoms with van der Waals surface area (Å²) < 4.78 is 4.80. The van der Waals surface area contributed by atoms with Crippen LogP contribution in [-0.2, 0) is 4.74 Å². The number of aliphatic hydroxyl groups excluding tert-OH is 2. The molecule has 0 spiro atoms. The van der Waals surface area contributed by atoms with Crippen LogP contribution in [0.15, 0.2) is 0 Å². The Kier molecular flexibility index (Phi) is 5.58. The Hall–Kier alpha value is -0.120. The van der Waals surface area contributed by atoms with Crippen LogP contribution in [0.5, 0.6) is 0 Å². The average molecular weight is 148 g/mol. The molecule has 62 valence electrons. The van der Waals surface area contributed by atoms with Crippen molar-refractivity contribution in [3.05, 3.63) is 0 Å². The lowest BCUT2D eigenvalue weighted by molar-refractivity contribution is 0.0565. The number of methoxy groups -OCH3 is 1. The first kappa shape index (κ1) is 9.88. The quantitative estimate of drug-likeness (QED) is 0.577. The van der Waals surface area contributed by atoms with Crippen molar-refractivity contribution in [2.24, 2.45) is 5.92 Å². The number of hydrogen-bond acceptors (Lipinski definition) is 3. The molecule has 2 N–H and O–H groups in total. The second-order valence-corrected chi connectivity index (χ2v) is 2.46. The molecule has 0 radical (unpaired) electrons. The lowest BCUT2D eigenvalue weighted by atomic mass is 10.0. The largest absolute Gasteiger partial charge is 0.396 e. The summed E-state index contributed by atoms with van der Waals surface area (Å²) in [6.45, 7) is 2.30. The SMILES string of the molecule is COCCC(CO)C(C)O. The van der Waals surface area contributed by atoms with Gasteiger partial charge in [-0.2, -0.15) is 0 Å². The Balaban J connectivity index is 3.40. The van der Waals surface area contributed by atoms with Crippen LogP contribution in [0, 0.1) is 5.92 Å². The van der Waals surface area contributed by atoms with Crippen LogP contribution >= 0.6 is 0 Å². The van der Waals surface area contributed by atoms with Crippen molar-refractivity contribution in [1.29, 1.82) is 0 Å². The molecule has 0 rings (SSSR count). The summed E-state index contributed by atoms with van der Waals surface area (Å²) >= 11 is 0. The van der Waals surface area contributed by atoms with Crippen LogP contribution in [0.2, 0.25) is 0 Å². The van der Waals surface area contributed by atoms with E-state index in [1.807, 2.05) is 0 Å². The molecule has 0 saturated heterocycles. The second-order valence-electron chi connectivity index (χ2n) is 2.46. The first-order valence-corrected chi connectivity index (χ1v) is 3.50. The van der Waals surface area contributed by atoms with E-state index in [9.17, 15) is 0 Å². The van der Waals surface area contributed by atoms with Gasteiger partial charge in [0.05, 0.1) is 6.10 Å². The third kappa shape index (κ3) is 3.82. The molecule has 0 aliphatic carbocycles. The van der Waals surface area contributed by atoms with Gasteiger partial charge in [-0.25, -0.2) is 0 Å². The molecule has 0 aromatic heterocycles. The summed E-state index contributed by atoms with van der Waals surface area (Å²) in [6, 6.07) is 0. The Bertz CT molecular complexity index is 73.3. The van der Waals surface area contributed by atoms with Crippen molar-refractivity contribution in [3.63, 3.8) is 0 Å². The minimum absolute atomic E-state index is 0.0288. The molecule has 10 heavy (non-hydrogen) atoms. The summed E-state index contributed by atoms with van der Waals surface area (Å²) in [6.07, 6.45) is 0.269. The predicted molar refractivity (Wildman–Crippen MR) is 38.7 cm³/mol. The molecule has 2 atom stereocenters. The number of rotatable bonds is 5. The molecule has 0 aromatic rings. The number of aliphatic hydroxyl groups is 2. The van der Waals surface area contributed by atoms with Gasteiger partial charge in [0.2, 0.25) is 0 Å². The highest BCUT2D eigenvalue weighted by atomic mass is 16.5. The Morgan fingerprint density at radius 3 is 2.40 bits per heavy atom. The minimum atomic E-state index is -0.444. The van der Waals surface area contributed by atoms with Gasteiger partial charge in [-0.3, -0.25) is 0 Å². The molecule has 0 aliphatic rings. The molecule has 0 bridgehead atoms. The van der Waals surface area contributed by atoms with Gasteiger partial charge >= 0.3 is 0 Å². The molecular formula is C7H16O3. The van der Waals surface area contributed by atoms with Gasteiger partial charge < -0.3 is 14.9 Å². The summed E-state index contributed by atoms with van der Waals surface area (Å²) in [5, 5.41) is 17.7. The first-order valence-electron chi connectivity index (χ1n) is 3.50. The summed E-state index contributed by atoms with van der Waals surface area (Å²) in [5.74, 6) is -0.0417. The molecule has 3 heteroatoms. The van der Waals surface area contributed by atoms with Gasteiger partial charge in [-0.15, -0.1) is 0 Å². The molecular weight excluding hydrogens is 132 g/mol. The third-order valence-electron chi connectivity index (χ3n) is 1.61. The second kappa shape index (κ2) is 5.65. The Morgan fingerprint density at radius 1 is 1.50 bits per heavy atom. The van der Waals surface area contributed by atoms with Gasteiger partial charge in [-0.05, 0) is 13.3 Å². The third-order valence-corrected chi connectivity index (χ3v) is 1.61. The van der Waals surface area contributed by atoms with Crippen molar-refractivity contribution >= 4 is 0 Å². The average Bonchev–Trinajstić information content (AvgIpc) is 1.89. The van der Waals surface area contributed by atoms with Gasteiger partial charge in [0.15, 0.2) is 0 Å². The maximum Gasteiger partial charge on any atom is 0.0563 e. The van der Waals surface area contributed by atoms with Gasteiger partial charge in [0.25, 0.3) is 0 Å². The van der Waals surface area contributed by atoms with Gasteiger partial charge in [0.1, 0.15) is 0 Å². The summed E-state index contributed by atoms with van der Waals surface area (Å²) in [7, 11) is 1.61. The summed E-state index contributed by atoms with van der Waals surface area (Å²) in [4.78, 5) is 0. The number of hydrogen-bond donors (Lipinski definition) is 2. The fourth-order valence-corrected chi connectivity index (χ4v) is 0.754. The van der Waals surface area contributed by atoms with Crippen LogP contribution in [0.4, 0.5) is 0 Å². The maximum atomic E-state index is 9.02. The van der Waals surface area contributed by atoms with E-state index in [-0.39, 0.29) is 12.5 Å². The van der Waals surface area contributed by atoms with Crippen LogP contribution in [0.1, 0.15) is 13.3 Å². The van der Waals surface area contributed by atoms with Crippen molar-refractivity contribution < 1.29 is 14.9 Å². The van der Waals surface area contributed by atoms with Crippen molar-refractivity contribution in [2.75, 3.05) is 20.3 Å². The smallest absolute Gasteiger partial charge is 0.0563 e. The fourth-order valence-electron chi connectivity index (χ4n) is 0.754. The Labute approximate surface area is 61.6 Å². The molecule has 0 fully saturated rings. The monoisotopic (exact) mass is 148 g/mol. The van der Waals surface area contributed by atoms with E-state index in [4.69, 9.17) is 14.9 Å². The van der Waals surface area contributed by atoms with Crippen molar-refractivity contribution in [3.8, 4) is 0 Å². The zero-order valence-electron chi connectivity index (χ0n) is 6.58. The summed E-state index contributed by atoms with van der Waals surface area (Å²) in [5.41, 5.74) is 0. The zero-order chi connectivity index (χ0) is 7.98. The first-order chi connectivity index (χ1) is 4.72. The van der Waals surface area contributed by atoms with E-state index in [0.29, 0.717) is 13.0 Å². The van der Waals surface area contributed by atoms with Crippen LogP contribution in [0.25, 0.3) is 0 Å².